The van der Waals surface area contributed by atoms with Gasteiger partial charge in [0.25, 0.3) is 0 Å². The Morgan fingerprint density at radius 1 is 1.11 bits per heavy atom. The van der Waals surface area contributed by atoms with Gasteiger partial charge in [-0.3, -0.25) is 9.59 Å². The Balaban J connectivity index is 1.35. The normalized spacial score (nSPS) is 21.8. The molecule has 0 radical (unpaired) electrons. The fraction of sp³-hybridized carbons (Fsp3) is 0.464. The SMILES string of the molecule is CCCC(CNC(=O)OCC1c2ccccc2-c2ccccc21)C(=O)N1C[C@H](C)[C@@](C)(C(=O)O)C1. The van der Waals surface area contributed by atoms with Crippen LogP contribution in [0.25, 0.3) is 11.1 Å². The molecule has 1 aliphatic carbocycles. The largest absolute Gasteiger partial charge is 0.481 e. The topological polar surface area (TPSA) is 95.9 Å². The standard InChI is InChI=1S/C28H34N2O5/c1-4-9-19(25(31)30-15-18(2)28(3,17-30)26(32)33)14-29-27(34)35-16-24-22-12-7-5-10-20(22)21-11-6-8-13-23(21)24/h5-8,10-13,18-19,24H,4,9,14-17H2,1-3H3,(H,29,34)(H,32,33)/t18-,19?,28-/m0/s1. The Morgan fingerprint density at radius 2 is 1.71 bits per heavy atom. The van der Waals surface area contributed by atoms with Crippen LogP contribution in [0.3, 0.4) is 0 Å². The Hall–Kier alpha value is -3.35. The zero-order valence-electron chi connectivity index (χ0n) is 20.6. The second-order valence-electron chi connectivity index (χ2n) is 10.0. The van der Waals surface area contributed by atoms with Gasteiger partial charge in [0.05, 0.1) is 11.3 Å². The molecular weight excluding hydrogens is 444 g/mol. The van der Waals surface area contributed by atoms with Gasteiger partial charge in [0.1, 0.15) is 6.61 Å². The monoisotopic (exact) mass is 478 g/mol. The quantitative estimate of drug-likeness (QED) is 0.582. The van der Waals surface area contributed by atoms with E-state index >= 15 is 0 Å². The molecule has 7 heteroatoms. The van der Waals surface area contributed by atoms with Gasteiger partial charge >= 0.3 is 12.1 Å². The first kappa shape index (κ1) is 24.8. The number of likely N-dealkylation sites (tertiary alicyclic amines) is 1. The number of benzene rings is 2. The lowest BCUT2D eigenvalue weighted by Crippen LogP contribution is -2.42. The predicted octanol–water partition coefficient (Wildman–Crippen LogP) is 4.51. The van der Waals surface area contributed by atoms with Crippen LogP contribution >= 0.6 is 0 Å². The van der Waals surface area contributed by atoms with E-state index < -0.39 is 23.4 Å². The van der Waals surface area contributed by atoms with Crippen molar-refractivity contribution in [1.82, 2.24) is 10.2 Å². The second-order valence-corrected chi connectivity index (χ2v) is 10.0. The summed E-state index contributed by atoms with van der Waals surface area (Å²) in [6.07, 6.45) is 0.838. The number of fused-ring (bicyclic) bond motifs is 3. The van der Waals surface area contributed by atoms with Crippen LogP contribution in [0.1, 0.15) is 50.7 Å². The number of alkyl carbamates (subject to hydrolysis) is 1. The molecule has 1 heterocycles. The van der Waals surface area contributed by atoms with Crippen LogP contribution in [0.2, 0.25) is 0 Å². The van der Waals surface area contributed by atoms with Crippen molar-refractivity contribution in [2.45, 2.75) is 39.5 Å². The van der Waals surface area contributed by atoms with Crippen LogP contribution < -0.4 is 5.32 Å². The van der Waals surface area contributed by atoms with Crippen molar-refractivity contribution < 1.29 is 24.2 Å². The smallest absolute Gasteiger partial charge is 0.407 e. The lowest BCUT2D eigenvalue weighted by atomic mass is 9.81. The summed E-state index contributed by atoms with van der Waals surface area (Å²) in [6.45, 7) is 6.52. The molecule has 0 saturated carbocycles. The highest BCUT2D eigenvalue weighted by molar-refractivity contribution is 5.83. The minimum Gasteiger partial charge on any atom is -0.481 e. The molecule has 0 spiro atoms. The number of ether oxygens (including phenoxy) is 1. The zero-order chi connectivity index (χ0) is 25.2. The predicted molar refractivity (Wildman–Crippen MR) is 133 cm³/mol. The number of carboxylic acid groups (broad SMARTS) is 1. The lowest BCUT2D eigenvalue weighted by molar-refractivity contribution is -0.149. The van der Waals surface area contributed by atoms with E-state index in [-0.39, 0.29) is 37.4 Å². The molecule has 35 heavy (non-hydrogen) atoms. The molecule has 2 aromatic rings. The van der Waals surface area contributed by atoms with Crippen molar-refractivity contribution >= 4 is 18.0 Å². The van der Waals surface area contributed by atoms with Crippen LogP contribution in [0, 0.1) is 17.3 Å². The molecule has 7 nitrogen and oxygen atoms in total. The number of rotatable bonds is 8. The summed E-state index contributed by atoms with van der Waals surface area (Å²) >= 11 is 0. The highest BCUT2D eigenvalue weighted by Crippen LogP contribution is 2.44. The second kappa shape index (κ2) is 10.1. The van der Waals surface area contributed by atoms with Gasteiger partial charge in [-0.05, 0) is 41.5 Å². The molecule has 2 aromatic carbocycles. The maximum absolute atomic E-state index is 13.2. The maximum atomic E-state index is 13.2. The van der Waals surface area contributed by atoms with Crippen molar-refractivity contribution in [3.05, 3.63) is 59.7 Å². The third-order valence-electron chi connectivity index (χ3n) is 7.72. The van der Waals surface area contributed by atoms with Gasteiger partial charge in [-0.15, -0.1) is 0 Å². The molecule has 1 unspecified atom stereocenters. The van der Waals surface area contributed by atoms with Crippen LogP contribution in [0.4, 0.5) is 4.79 Å². The lowest BCUT2D eigenvalue weighted by Gasteiger charge is -2.25. The molecule has 0 aromatic heterocycles. The molecule has 1 aliphatic heterocycles. The summed E-state index contributed by atoms with van der Waals surface area (Å²) in [4.78, 5) is 39.1. The number of carbonyl (C=O) groups excluding carboxylic acids is 2. The molecule has 2 aliphatic rings. The van der Waals surface area contributed by atoms with Crippen molar-refractivity contribution in [2.75, 3.05) is 26.2 Å². The highest BCUT2D eigenvalue weighted by Gasteiger charge is 2.48. The molecule has 1 fully saturated rings. The van der Waals surface area contributed by atoms with Crippen LogP contribution in [-0.4, -0.2) is 54.2 Å². The first-order valence-electron chi connectivity index (χ1n) is 12.4. The van der Waals surface area contributed by atoms with Gasteiger partial charge in [0.2, 0.25) is 5.91 Å². The third-order valence-corrected chi connectivity index (χ3v) is 7.72. The fourth-order valence-corrected chi connectivity index (χ4v) is 5.37. The zero-order valence-corrected chi connectivity index (χ0v) is 20.6. The van der Waals surface area contributed by atoms with Gasteiger partial charge < -0.3 is 20.1 Å². The summed E-state index contributed by atoms with van der Waals surface area (Å²) in [5, 5.41) is 12.4. The number of hydrogen-bond acceptors (Lipinski definition) is 4. The number of aliphatic carboxylic acids is 1. The fourth-order valence-electron chi connectivity index (χ4n) is 5.37. The summed E-state index contributed by atoms with van der Waals surface area (Å²) in [7, 11) is 0. The van der Waals surface area contributed by atoms with E-state index in [1.165, 1.54) is 11.1 Å². The van der Waals surface area contributed by atoms with Crippen molar-refractivity contribution in [3.8, 4) is 11.1 Å². The third kappa shape index (κ3) is 4.77. The Kier molecular flexibility index (Phi) is 7.15. The van der Waals surface area contributed by atoms with Crippen LogP contribution in [0.5, 0.6) is 0 Å². The molecule has 0 bridgehead atoms. The summed E-state index contributed by atoms with van der Waals surface area (Å²) in [5.74, 6) is -1.57. The van der Waals surface area contributed by atoms with Crippen LogP contribution in [0.15, 0.2) is 48.5 Å². The molecular formula is C28H34N2O5. The minimum absolute atomic E-state index is 0.0268. The average molecular weight is 479 g/mol. The van der Waals surface area contributed by atoms with Gasteiger partial charge in [-0.2, -0.15) is 0 Å². The van der Waals surface area contributed by atoms with Gasteiger partial charge in [-0.1, -0.05) is 68.8 Å². The molecule has 186 valence electrons. The van der Waals surface area contributed by atoms with E-state index in [1.807, 2.05) is 38.1 Å². The van der Waals surface area contributed by atoms with Gasteiger partial charge in [0, 0.05) is 25.6 Å². The summed E-state index contributed by atoms with van der Waals surface area (Å²) in [5.41, 5.74) is 3.67. The minimum atomic E-state index is -0.952. The van der Waals surface area contributed by atoms with E-state index in [1.54, 1.807) is 11.8 Å². The number of nitrogens with zero attached hydrogens (tertiary/aromatic N) is 1. The van der Waals surface area contributed by atoms with Crippen molar-refractivity contribution in [1.29, 1.82) is 0 Å². The van der Waals surface area contributed by atoms with Gasteiger partial charge in [0.15, 0.2) is 0 Å². The molecule has 2 amide bonds. The van der Waals surface area contributed by atoms with E-state index in [4.69, 9.17) is 4.74 Å². The number of carbonyl (C=O) groups is 3. The van der Waals surface area contributed by atoms with E-state index in [0.717, 1.165) is 17.5 Å². The molecule has 4 rings (SSSR count). The average Bonchev–Trinajstić information content (AvgIpc) is 3.34. The number of nitrogens with one attached hydrogen (secondary N) is 1. The highest BCUT2D eigenvalue weighted by atomic mass is 16.5. The summed E-state index contributed by atoms with van der Waals surface area (Å²) < 4.78 is 5.60. The molecule has 3 atom stereocenters. The van der Waals surface area contributed by atoms with E-state index in [0.29, 0.717) is 13.0 Å². The van der Waals surface area contributed by atoms with Crippen LogP contribution in [-0.2, 0) is 14.3 Å². The maximum Gasteiger partial charge on any atom is 0.407 e. The Morgan fingerprint density at radius 3 is 2.26 bits per heavy atom. The Bertz CT molecular complexity index is 1070. The van der Waals surface area contributed by atoms with Crippen molar-refractivity contribution in [2.24, 2.45) is 17.3 Å². The summed E-state index contributed by atoms with van der Waals surface area (Å²) in [6, 6.07) is 16.3. The number of carboxylic acids is 1. The van der Waals surface area contributed by atoms with Crippen molar-refractivity contribution in [3.63, 3.8) is 0 Å². The van der Waals surface area contributed by atoms with Gasteiger partial charge in [-0.25, -0.2) is 4.79 Å². The molecule has 1 saturated heterocycles. The Labute approximate surface area is 206 Å². The van der Waals surface area contributed by atoms with E-state index in [9.17, 15) is 19.5 Å². The first-order chi connectivity index (χ1) is 16.8. The van der Waals surface area contributed by atoms with E-state index in [2.05, 4.69) is 29.6 Å². The molecule has 2 N–H and O–H groups in total. The first-order valence-corrected chi connectivity index (χ1v) is 12.4. The number of amides is 2. The number of hydrogen-bond donors (Lipinski definition) is 2.